The monoisotopic (exact) mass is 290 g/mol. The molecular weight excluding hydrogens is 276 g/mol. The van der Waals surface area contributed by atoms with Gasteiger partial charge in [0.15, 0.2) is 0 Å². The summed E-state index contributed by atoms with van der Waals surface area (Å²) in [6.45, 7) is 0. The fourth-order valence-electron chi connectivity index (χ4n) is 2.46. The smallest absolute Gasteiger partial charge is 0.336 e. The Morgan fingerprint density at radius 3 is 2.80 bits per heavy atom. The minimum absolute atomic E-state index is 0.276. The zero-order valence-electron chi connectivity index (χ0n) is 10.8. The summed E-state index contributed by atoms with van der Waals surface area (Å²) in [6.07, 6.45) is 4.55. The van der Waals surface area contributed by atoms with Crippen LogP contribution >= 0.6 is 11.8 Å². The second kappa shape index (κ2) is 5.62. The van der Waals surface area contributed by atoms with Gasteiger partial charge in [-0.05, 0) is 47.2 Å². The van der Waals surface area contributed by atoms with Gasteiger partial charge in [-0.3, -0.25) is 0 Å². The third kappa shape index (κ3) is 2.53. The lowest BCUT2D eigenvalue weighted by molar-refractivity contribution is 0.0693. The van der Waals surface area contributed by atoms with E-state index in [2.05, 4.69) is 15.5 Å². The predicted octanol–water partition coefficient (Wildman–Crippen LogP) is 2.64. The summed E-state index contributed by atoms with van der Waals surface area (Å²) in [4.78, 5) is 11.9. The van der Waals surface area contributed by atoms with Crippen LogP contribution in [0.15, 0.2) is 34.3 Å². The van der Waals surface area contributed by atoms with E-state index in [-0.39, 0.29) is 5.56 Å². The van der Waals surface area contributed by atoms with Gasteiger partial charge in [-0.2, -0.15) is 0 Å². The Hall–Kier alpha value is -1.89. The van der Waals surface area contributed by atoms with Crippen molar-refractivity contribution in [1.82, 2.24) is 20.2 Å². The van der Waals surface area contributed by atoms with E-state index < -0.39 is 5.97 Å². The van der Waals surface area contributed by atoms with Gasteiger partial charge in [0.1, 0.15) is 0 Å². The SMILES string of the molecule is O=C(O)c1ccccc1Sc1nnnn1C1CCCC1. The summed E-state index contributed by atoms with van der Waals surface area (Å²) in [5, 5.41) is 21.7. The molecule has 1 N–H and O–H groups in total. The maximum atomic E-state index is 11.2. The quantitative estimate of drug-likeness (QED) is 0.932. The van der Waals surface area contributed by atoms with Gasteiger partial charge in [-0.25, -0.2) is 9.48 Å². The summed E-state index contributed by atoms with van der Waals surface area (Å²) in [7, 11) is 0. The third-order valence-electron chi connectivity index (χ3n) is 3.45. The maximum Gasteiger partial charge on any atom is 0.336 e. The van der Waals surface area contributed by atoms with Crippen molar-refractivity contribution < 1.29 is 9.90 Å². The van der Waals surface area contributed by atoms with Crippen LogP contribution in [0.3, 0.4) is 0 Å². The average Bonchev–Trinajstić information content (AvgIpc) is 3.09. The lowest BCUT2D eigenvalue weighted by atomic mass is 10.2. The molecule has 3 rings (SSSR count). The maximum absolute atomic E-state index is 11.2. The van der Waals surface area contributed by atoms with Gasteiger partial charge in [0.2, 0.25) is 5.16 Å². The molecule has 0 aliphatic heterocycles. The van der Waals surface area contributed by atoms with Crippen LogP contribution in [0.5, 0.6) is 0 Å². The predicted molar refractivity (Wildman–Crippen MR) is 72.8 cm³/mol. The molecule has 0 amide bonds. The summed E-state index contributed by atoms with van der Waals surface area (Å²) in [6, 6.07) is 7.24. The number of nitrogens with zero attached hydrogens (tertiary/aromatic N) is 4. The molecule has 0 atom stereocenters. The number of aromatic nitrogens is 4. The summed E-state index contributed by atoms with van der Waals surface area (Å²) < 4.78 is 1.83. The van der Waals surface area contributed by atoms with Crippen molar-refractivity contribution >= 4 is 17.7 Å². The van der Waals surface area contributed by atoms with Gasteiger partial charge in [0.25, 0.3) is 0 Å². The number of benzene rings is 1. The first-order valence-electron chi connectivity index (χ1n) is 6.54. The molecule has 1 aromatic heterocycles. The molecule has 0 saturated heterocycles. The number of tetrazole rings is 1. The Bertz CT molecular complexity index is 622. The van der Waals surface area contributed by atoms with Crippen molar-refractivity contribution in [2.45, 2.75) is 41.8 Å². The average molecular weight is 290 g/mol. The van der Waals surface area contributed by atoms with Crippen LogP contribution in [-0.4, -0.2) is 31.3 Å². The van der Waals surface area contributed by atoms with Gasteiger partial charge in [-0.15, -0.1) is 5.10 Å². The molecular formula is C13H14N4O2S. The van der Waals surface area contributed by atoms with E-state index in [4.69, 9.17) is 0 Å². The van der Waals surface area contributed by atoms with E-state index in [1.807, 2.05) is 10.7 Å². The number of carbonyl (C=O) groups is 1. The summed E-state index contributed by atoms with van der Waals surface area (Å²) in [5.41, 5.74) is 0.276. The molecule has 1 saturated carbocycles. The molecule has 2 aromatic rings. The molecule has 104 valence electrons. The molecule has 7 heteroatoms. The molecule has 0 bridgehead atoms. The first kappa shape index (κ1) is 13.1. The highest BCUT2D eigenvalue weighted by Gasteiger charge is 2.22. The minimum atomic E-state index is -0.937. The first-order chi connectivity index (χ1) is 9.75. The van der Waals surface area contributed by atoms with Gasteiger partial charge in [0, 0.05) is 4.90 Å². The standard InChI is InChI=1S/C13H14N4O2S/c18-12(19)10-7-3-4-8-11(10)20-13-14-15-16-17(13)9-5-1-2-6-9/h3-4,7-9H,1-2,5-6H2,(H,18,19). The number of carboxylic acids is 1. The Balaban J connectivity index is 1.88. The number of aromatic carboxylic acids is 1. The lowest BCUT2D eigenvalue weighted by Crippen LogP contribution is -2.08. The zero-order valence-corrected chi connectivity index (χ0v) is 11.6. The van der Waals surface area contributed by atoms with E-state index >= 15 is 0 Å². The van der Waals surface area contributed by atoms with Crippen molar-refractivity contribution in [2.24, 2.45) is 0 Å². The van der Waals surface area contributed by atoms with Crippen molar-refractivity contribution in [3.8, 4) is 0 Å². The molecule has 6 nitrogen and oxygen atoms in total. The zero-order chi connectivity index (χ0) is 13.9. The van der Waals surface area contributed by atoms with Crippen molar-refractivity contribution in [3.05, 3.63) is 29.8 Å². The highest BCUT2D eigenvalue weighted by molar-refractivity contribution is 7.99. The van der Waals surface area contributed by atoms with Crippen molar-refractivity contribution in [3.63, 3.8) is 0 Å². The first-order valence-corrected chi connectivity index (χ1v) is 7.35. The molecule has 0 spiro atoms. The third-order valence-corrected chi connectivity index (χ3v) is 4.48. The molecule has 0 radical (unpaired) electrons. The van der Waals surface area contributed by atoms with Crippen LogP contribution in [0.2, 0.25) is 0 Å². The summed E-state index contributed by atoms with van der Waals surface area (Å²) >= 11 is 1.31. The van der Waals surface area contributed by atoms with Crippen LogP contribution in [0, 0.1) is 0 Å². The number of hydrogen-bond acceptors (Lipinski definition) is 5. The van der Waals surface area contributed by atoms with E-state index in [0.717, 1.165) is 12.8 Å². The lowest BCUT2D eigenvalue weighted by Gasteiger charge is -2.11. The Labute approximate surface area is 120 Å². The topological polar surface area (TPSA) is 80.9 Å². The molecule has 1 aromatic carbocycles. The molecule has 20 heavy (non-hydrogen) atoms. The largest absolute Gasteiger partial charge is 0.478 e. The van der Waals surface area contributed by atoms with Crippen LogP contribution in [0.25, 0.3) is 0 Å². The van der Waals surface area contributed by atoms with Crippen molar-refractivity contribution in [2.75, 3.05) is 0 Å². The molecule has 1 heterocycles. The molecule has 1 aliphatic carbocycles. The van der Waals surface area contributed by atoms with Gasteiger partial charge < -0.3 is 5.11 Å². The van der Waals surface area contributed by atoms with Crippen LogP contribution in [-0.2, 0) is 0 Å². The van der Waals surface area contributed by atoms with Gasteiger partial charge in [0.05, 0.1) is 11.6 Å². The highest BCUT2D eigenvalue weighted by Crippen LogP contribution is 2.34. The van der Waals surface area contributed by atoms with Crippen LogP contribution < -0.4 is 0 Å². The molecule has 0 unspecified atom stereocenters. The van der Waals surface area contributed by atoms with Crippen LogP contribution in [0.4, 0.5) is 0 Å². The normalized spacial score (nSPS) is 15.6. The Morgan fingerprint density at radius 2 is 2.05 bits per heavy atom. The highest BCUT2D eigenvalue weighted by atomic mass is 32.2. The van der Waals surface area contributed by atoms with Crippen LogP contribution in [0.1, 0.15) is 42.1 Å². The Morgan fingerprint density at radius 1 is 1.30 bits per heavy atom. The van der Waals surface area contributed by atoms with Gasteiger partial charge in [-0.1, -0.05) is 25.0 Å². The van der Waals surface area contributed by atoms with E-state index in [1.165, 1.54) is 24.6 Å². The number of carboxylic acid groups (broad SMARTS) is 1. The van der Waals surface area contributed by atoms with E-state index in [9.17, 15) is 9.90 Å². The number of rotatable bonds is 4. The van der Waals surface area contributed by atoms with Gasteiger partial charge >= 0.3 is 5.97 Å². The Kier molecular flexibility index (Phi) is 3.68. The fraction of sp³-hybridized carbons (Fsp3) is 0.385. The second-order valence-electron chi connectivity index (χ2n) is 4.75. The molecule has 1 fully saturated rings. The molecule has 1 aliphatic rings. The van der Waals surface area contributed by atoms with E-state index in [0.29, 0.717) is 16.1 Å². The van der Waals surface area contributed by atoms with Crippen molar-refractivity contribution in [1.29, 1.82) is 0 Å². The second-order valence-corrected chi connectivity index (χ2v) is 5.76. The fourth-order valence-corrected chi connectivity index (χ4v) is 3.43. The van der Waals surface area contributed by atoms with E-state index in [1.54, 1.807) is 18.2 Å². The minimum Gasteiger partial charge on any atom is -0.478 e. The summed E-state index contributed by atoms with van der Waals surface area (Å²) in [5.74, 6) is -0.937. The number of hydrogen-bond donors (Lipinski definition) is 1.